The molecule has 1 fully saturated rings. The lowest BCUT2D eigenvalue weighted by atomic mass is 10.0. The highest BCUT2D eigenvalue weighted by atomic mass is 16.5. The second-order valence-corrected chi connectivity index (χ2v) is 9.81. The summed E-state index contributed by atoms with van der Waals surface area (Å²) < 4.78 is 8.67. The van der Waals surface area contributed by atoms with E-state index in [9.17, 15) is 0 Å². The van der Waals surface area contributed by atoms with Crippen LogP contribution in [0.1, 0.15) is 49.6 Å². The monoisotopic (exact) mass is 448 g/mol. The molecule has 2 aromatic carbocycles. The fraction of sp³-hybridized carbons (Fsp3) is 0.536. The predicted molar refractivity (Wildman–Crippen MR) is 137 cm³/mol. The molecule has 4 rings (SSSR count). The van der Waals surface area contributed by atoms with Crippen LogP contribution in [0.25, 0.3) is 11.0 Å². The number of aryl methyl sites for hydroxylation is 3. The number of rotatable bonds is 10. The second kappa shape index (κ2) is 11.2. The molecular formula is C28H40N4O. The smallest absolute Gasteiger partial charge is 0.123 e. The molecule has 3 aromatic rings. The summed E-state index contributed by atoms with van der Waals surface area (Å²) in [6.07, 6.45) is 3.15. The van der Waals surface area contributed by atoms with Crippen molar-refractivity contribution >= 4 is 11.0 Å². The van der Waals surface area contributed by atoms with E-state index in [-0.39, 0.29) is 0 Å². The van der Waals surface area contributed by atoms with Crippen molar-refractivity contribution in [2.45, 2.75) is 52.5 Å². The van der Waals surface area contributed by atoms with Crippen molar-refractivity contribution in [1.29, 1.82) is 0 Å². The van der Waals surface area contributed by atoms with E-state index in [1.54, 1.807) is 0 Å². The van der Waals surface area contributed by atoms with Crippen molar-refractivity contribution in [2.75, 3.05) is 46.4 Å². The summed E-state index contributed by atoms with van der Waals surface area (Å²) in [5.41, 5.74) is 4.88. The standard InChI is InChI=1S/C28H40N4O/c1-22(2)24-13-12-23(3)21-27(24)33-20-8-15-32-26-10-6-5-9-25(26)29-28(32)11-7-14-31-18-16-30(4)17-19-31/h5-6,9-10,12-13,21-22H,7-8,11,14-20H2,1-4H3. The third-order valence-electron chi connectivity index (χ3n) is 6.78. The van der Waals surface area contributed by atoms with E-state index in [4.69, 9.17) is 9.72 Å². The van der Waals surface area contributed by atoms with Gasteiger partial charge in [-0.25, -0.2) is 4.98 Å². The van der Waals surface area contributed by atoms with Gasteiger partial charge in [0.25, 0.3) is 0 Å². The summed E-state index contributed by atoms with van der Waals surface area (Å²) in [5.74, 6) is 2.71. The van der Waals surface area contributed by atoms with Crippen molar-refractivity contribution in [1.82, 2.24) is 19.4 Å². The fourth-order valence-corrected chi connectivity index (χ4v) is 4.75. The van der Waals surface area contributed by atoms with Crippen LogP contribution < -0.4 is 4.74 Å². The first-order valence-electron chi connectivity index (χ1n) is 12.6. The maximum Gasteiger partial charge on any atom is 0.123 e. The Hall–Kier alpha value is -2.37. The molecule has 2 heterocycles. The highest BCUT2D eigenvalue weighted by molar-refractivity contribution is 5.75. The van der Waals surface area contributed by atoms with Gasteiger partial charge < -0.3 is 19.1 Å². The van der Waals surface area contributed by atoms with Crippen molar-refractivity contribution in [2.24, 2.45) is 0 Å². The van der Waals surface area contributed by atoms with E-state index >= 15 is 0 Å². The predicted octanol–water partition coefficient (Wildman–Crippen LogP) is 5.12. The molecule has 178 valence electrons. The number of fused-ring (bicyclic) bond motifs is 1. The van der Waals surface area contributed by atoms with E-state index < -0.39 is 0 Å². The Morgan fingerprint density at radius 1 is 0.970 bits per heavy atom. The molecule has 1 saturated heterocycles. The molecule has 1 aliphatic heterocycles. The third kappa shape index (κ3) is 6.15. The molecule has 5 heteroatoms. The number of imidazole rings is 1. The van der Waals surface area contributed by atoms with Crippen molar-refractivity contribution in [3.63, 3.8) is 0 Å². The molecule has 0 bridgehead atoms. The topological polar surface area (TPSA) is 33.5 Å². The van der Waals surface area contributed by atoms with Gasteiger partial charge in [0.2, 0.25) is 0 Å². The minimum Gasteiger partial charge on any atom is -0.493 e. The zero-order valence-electron chi connectivity index (χ0n) is 20.9. The van der Waals surface area contributed by atoms with Crippen LogP contribution in [0.2, 0.25) is 0 Å². The van der Waals surface area contributed by atoms with Crippen LogP contribution in [0.15, 0.2) is 42.5 Å². The highest BCUT2D eigenvalue weighted by Crippen LogP contribution is 2.27. The molecular weight excluding hydrogens is 408 g/mol. The number of hydrogen-bond donors (Lipinski definition) is 0. The average Bonchev–Trinajstić information content (AvgIpc) is 3.15. The van der Waals surface area contributed by atoms with Crippen LogP contribution >= 0.6 is 0 Å². The van der Waals surface area contributed by atoms with Gasteiger partial charge in [-0.05, 0) is 68.6 Å². The lowest BCUT2D eigenvalue weighted by Crippen LogP contribution is -2.44. The Labute approximate surface area is 199 Å². The molecule has 0 saturated carbocycles. The van der Waals surface area contributed by atoms with Crippen LogP contribution in [0, 0.1) is 6.92 Å². The van der Waals surface area contributed by atoms with Gasteiger partial charge in [-0.15, -0.1) is 0 Å². The normalized spacial score (nSPS) is 15.5. The van der Waals surface area contributed by atoms with Gasteiger partial charge in [-0.1, -0.05) is 38.1 Å². The zero-order chi connectivity index (χ0) is 23.2. The average molecular weight is 449 g/mol. The number of likely N-dealkylation sites (N-methyl/N-ethyl adjacent to an activating group) is 1. The van der Waals surface area contributed by atoms with Crippen LogP contribution in [-0.2, 0) is 13.0 Å². The largest absolute Gasteiger partial charge is 0.493 e. The van der Waals surface area contributed by atoms with E-state index in [2.05, 4.69) is 84.7 Å². The van der Waals surface area contributed by atoms with Gasteiger partial charge >= 0.3 is 0 Å². The molecule has 5 nitrogen and oxygen atoms in total. The minimum absolute atomic E-state index is 0.463. The summed E-state index contributed by atoms with van der Waals surface area (Å²) in [6.45, 7) is 14.1. The summed E-state index contributed by atoms with van der Waals surface area (Å²) in [4.78, 5) is 10.00. The number of benzene rings is 2. The molecule has 0 amide bonds. The lowest BCUT2D eigenvalue weighted by molar-refractivity contribution is 0.152. The maximum atomic E-state index is 6.25. The molecule has 0 aliphatic carbocycles. The zero-order valence-corrected chi connectivity index (χ0v) is 20.9. The number of para-hydroxylation sites is 2. The fourth-order valence-electron chi connectivity index (χ4n) is 4.75. The van der Waals surface area contributed by atoms with E-state index in [0.717, 1.165) is 50.2 Å². The molecule has 33 heavy (non-hydrogen) atoms. The van der Waals surface area contributed by atoms with Crippen molar-refractivity contribution in [3.05, 3.63) is 59.4 Å². The van der Waals surface area contributed by atoms with Gasteiger partial charge in [0, 0.05) is 39.1 Å². The molecule has 0 unspecified atom stereocenters. The lowest BCUT2D eigenvalue weighted by Gasteiger charge is -2.32. The molecule has 0 N–H and O–H groups in total. The van der Waals surface area contributed by atoms with Crippen molar-refractivity contribution in [3.8, 4) is 5.75 Å². The number of hydrogen-bond acceptors (Lipinski definition) is 4. The maximum absolute atomic E-state index is 6.25. The van der Waals surface area contributed by atoms with Crippen LogP contribution in [0.3, 0.4) is 0 Å². The number of nitrogens with zero attached hydrogens (tertiary/aromatic N) is 4. The highest BCUT2D eigenvalue weighted by Gasteiger charge is 2.15. The van der Waals surface area contributed by atoms with Gasteiger partial charge in [-0.3, -0.25) is 0 Å². The SMILES string of the molecule is Cc1ccc(C(C)C)c(OCCCn2c(CCCN3CCN(C)CC3)nc3ccccc32)c1. The van der Waals surface area contributed by atoms with Gasteiger partial charge in [0.1, 0.15) is 11.6 Å². The number of aromatic nitrogens is 2. The van der Waals surface area contributed by atoms with E-state index in [1.165, 1.54) is 48.6 Å². The van der Waals surface area contributed by atoms with Gasteiger partial charge in [0.05, 0.1) is 17.6 Å². The summed E-state index contributed by atoms with van der Waals surface area (Å²) in [6, 6.07) is 15.1. The molecule has 0 atom stereocenters. The quantitative estimate of drug-likeness (QED) is 0.403. The molecule has 0 spiro atoms. The molecule has 0 radical (unpaired) electrons. The summed E-state index contributed by atoms with van der Waals surface area (Å²) >= 11 is 0. The van der Waals surface area contributed by atoms with Gasteiger partial charge in [-0.2, -0.15) is 0 Å². The second-order valence-electron chi connectivity index (χ2n) is 9.81. The Morgan fingerprint density at radius 2 is 1.76 bits per heavy atom. The van der Waals surface area contributed by atoms with E-state index in [0.29, 0.717) is 5.92 Å². The minimum atomic E-state index is 0.463. The molecule has 1 aliphatic rings. The Bertz CT molecular complexity index is 1030. The van der Waals surface area contributed by atoms with Crippen molar-refractivity contribution < 1.29 is 4.74 Å². The first-order chi connectivity index (χ1) is 16.0. The van der Waals surface area contributed by atoms with Crippen LogP contribution in [0.5, 0.6) is 5.75 Å². The first-order valence-corrected chi connectivity index (χ1v) is 12.6. The Balaban J connectivity index is 1.36. The summed E-state index contributed by atoms with van der Waals surface area (Å²) in [7, 11) is 2.21. The van der Waals surface area contributed by atoms with Crippen LogP contribution in [0.4, 0.5) is 0 Å². The Kier molecular flexibility index (Phi) is 8.05. The molecule has 1 aromatic heterocycles. The van der Waals surface area contributed by atoms with Crippen LogP contribution in [-0.4, -0.2) is 65.7 Å². The summed E-state index contributed by atoms with van der Waals surface area (Å²) in [5, 5.41) is 0. The first kappa shape index (κ1) is 23.8. The Morgan fingerprint density at radius 3 is 2.55 bits per heavy atom. The van der Waals surface area contributed by atoms with Gasteiger partial charge in [0.15, 0.2) is 0 Å². The van der Waals surface area contributed by atoms with E-state index in [1.807, 2.05) is 0 Å². The number of ether oxygens (including phenoxy) is 1. The third-order valence-corrected chi connectivity index (χ3v) is 6.78. The number of piperazine rings is 1.